The Morgan fingerprint density at radius 2 is 1.75 bits per heavy atom. The second-order valence-corrected chi connectivity index (χ2v) is 20.2. The summed E-state index contributed by atoms with van der Waals surface area (Å²) < 4.78 is 53.3. The molecule has 2 aromatic heterocycles. The highest BCUT2D eigenvalue weighted by Crippen LogP contribution is 2.44. The normalized spacial score (nSPS) is 19.5. The summed E-state index contributed by atoms with van der Waals surface area (Å²) in [6.07, 6.45) is 4.62. The Labute approximate surface area is 394 Å². The lowest BCUT2D eigenvalue weighted by molar-refractivity contribution is -0.384. The fraction of sp³-hybridized carbons (Fsp3) is 0.417. The number of aromatic amines is 1. The molecule has 3 aromatic carbocycles. The highest BCUT2D eigenvalue weighted by atomic mass is 35.5. The van der Waals surface area contributed by atoms with Crippen molar-refractivity contribution in [1.82, 2.24) is 19.6 Å². The fourth-order valence-electron chi connectivity index (χ4n) is 9.20. The minimum atomic E-state index is -4.63. The quantitative estimate of drug-likeness (QED) is 0.0827. The van der Waals surface area contributed by atoms with Crippen molar-refractivity contribution in [3.63, 3.8) is 0 Å². The summed E-state index contributed by atoms with van der Waals surface area (Å²) in [6.45, 7) is 11.1. The lowest BCUT2D eigenvalue weighted by Crippen LogP contribution is -2.47. The monoisotopic (exact) mass is 954 g/mol. The maximum absolute atomic E-state index is 14.5. The number of H-pyrrole nitrogens is 1. The van der Waals surface area contributed by atoms with Gasteiger partial charge in [0.1, 0.15) is 23.6 Å². The Hall–Kier alpha value is -5.76. The number of rotatable bonds is 12. The van der Waals surface area contributed by atoms with E-state index in [2.05, 4.69) is 50.8 Å². The van der Waals surface area contributed by atoms with Crippen LogP contribution in [-0.4, -0.2) is 126 Å². The predicted octanol–water partition coefficient (Wildman–Crippen LogP) is 7.40. The van der Waals surface area contributed by atoms with Crippen LogP contribution < -0.4 is 24.6 Å². The van der Waals surface area contributed by atoms with Crippen LogP contribution in [0.5, 0.6) is 5.88 Å². The van der Waals surface area contributed by atoms with Gasteiger partial charge in [0.2, 0.25) is 5.88 Å². The second kappa shape index (κ2) is 19.8. The van der Waals surface area contributed by atoms with Crippen LogP contribution in [0.1, 0.15) is 49.0 Å². The molecule has 67 heavy (non-hydrogen) atoms. The zero-order valence-corrected chi connectivity index (χ0v) is 39.2. The van der Waals surface area contributed by atoms with Crippen LogP contribution in [-0.2, 0) is 24.2 Å². The molecule has 5 heterocycles. The molecular formula is C48H55ClN8O9S. The SMILES string of the molecule is CC1(C)CCC(CN2CCN(c3ccc(C(=O)NS(=O)(=O)c4ccc(NCC5COCCO5)c([N+](=O)[O-])c4)c(N4CCOCCOc5nc6[nH]ccc6cc54)c3)CC2)=C(c2ccc(Cl)cc2)C1. The molecule has 1 aliphatic carbocycles. The standard InChI is InChI=1S/C48H55ClN8O9S/c1-48(2)13-11-34(40(28-48)32-3-5-35(49)6-4-32)30-54-15-17-55(18-16-54)36-7-9-39(42(26-36)56-19-20-63-21-24-66-47-44(56)25-33-12-14-50-45(33)52-47)46(58)53-67(61,62)38-8-10-41(43(27-38)57(59)60)51-29-37-31-64-22-23-65-37/h3-10,12,14,25-27,37,51H,11,13,15-24,28-31H2,1-2H3,(H,50,52)(H,53,58). The molecule has 1 unspecified atom stereocenters. The van der Waals surface area contributed by atoms with Crippen LogP contribution in [0.25, 0.3) is 16.6 Å². The van der Waals surface area contributed by atoms with Crippen LogP contribution >= 0.6 is 11.6 Å². The number of anilines is 4. The van der Waals surface area contributed by atoms with Crippen LogP contribution in [0.3, 0.4) is 0 Å². The van der Waals surface area contributed by atoms with E-state index in [1.54, 1.807) is 12.3 Å². The fourth-order valence-corrected chi connectivity index (χ4v) is 10.3. The van der Waals surface area contributed by atoms with E-state index < -0.39 is 31.4 Å². The van der Waals surface area contributed by atoms with Crippen molar-refractivity contribution in [2.45, 2.75) is 44.1 Å². The lowest BCUT2D eigenvalue weighted by atomic mass is 9.72. The van der Waals surface area contributed by atoms with Gasteiger partial charge in [-0.25, -0.2) is 13.1 Å². The number of nitrogens with one attached hydrogen (secondary N) is 3. The van der Waals surface area contributed by atoms with Gasteiger partial charge in [-0.15, -0.1) is 0 Å². The molecule has 2 saturated heterocycles. The van der Waals surface area contributed by atoms with Crippen molar-refractivity contribution in [2.75, 3.05) is 101 Å². The van der Waals surface area contributed by atoms with Crippen LogP contribution in [0.15, 0.2) is 89.5 Å². The van der Waals surface area contributed by atoms with E-state index in [0.29, 0.717) is 62.4 Å². The van der Waals surface area contributed by atoms with E-state index in [4.69, 9.17) is 35.5 Å². The molecule has 9 rings (SSSR count). The van der Waals surface area contributed by atoms with Crippen molar-refractivity contribution in [2.24, 2.45) is 5.41 Å². The average Bonchev–Trinajstić information content (AvgIpc) is 3.82. The molecule has 19 heteroatoms. The van der Waals surface area contributed by atoms with E-state index in [0.717, 1.165) is 61.1 Å². The average molecular weight is 956 g/mol. The van der Waals surface area contributed by atoms with Gasteiger partial charge < -0.3 is 39.0 Å². The number of allylic oxidation sites excluding steroid dienone is 1. The molecule has 4 aliphatic rings. The molecule has 2 fully saturated rings. The Bertz CT molecular complexity index is 2770. The molecule has 1 amide bonds. The van der Waals surface area contributed by atoms with Crippen molar-refractivity contribution in [3.05, 3.63) is 111 Å². The van der Waals surface area contributed by atoms with Gasteiger partial charge in [-0.2, -0.15) is 4.98 Å². The van der Waals surface area contributed by atoms with Crippen LogP contribution in [0.2, 0.25) is 5.02 Å². The topological polar surface area (TPSA) is 194 Å². The molecular weight excluding hydrogens is 900 g/mol. The van der Waals surface area contributed by atoms with E-state index in [1.165, 1.54) is 28.8 Å². The zero-order valence-electron chi connectivity index (χ0n) is 37.6. The molecule has 0 radical (unpaired) electrons. The third-order valence-electron chi connectivity index (χ3n) is 12.9. The number of carbonyl (C=O) groups is 1. The van der Waals surface area contributed by atoms with Gasteiger partial charge >= 0.3 is 0 Å². The van der Waals surface area contributed by atoms with Gasteiger partial charge in [-0.1, -0.05) is 43.2 Å². The first kappa shape index (κ1) is 46.4. The number of aromatic nitrogens is 2. The number of nitro groups is 1. The van der Waals surface area contributed by atoms with Gasteiger partial charge in [-0.3, -0.25) is 19.8 Å². The highest BCUT2D eigenvalue weighted by molar-refractivity contribution is 7.90. The number of nitrogens with zero attached hydrogens (tertiary/aromatic N) is 5. The van der Waals surface area contributed by atoms with Gasteiger partial charge in [0, 0.05) is 74.2 Å². The summed E-state index contributed by atoms with van der Waals surface area (Å²) in [5.41, 5.74) is 6.42. The number of piperazine rings is 1. The maximum atomic E-state index is 14.5. The van der Waals surface area contributed by atoms with E-state index >= 15 is 0 Å². The van der Waals surface area contributed by atoms with E-state index in [1.807, 2.05) is 41.3 Å². The number of amides is 1. The Kier molecular flexibility index (Phi) is 13.7. The van der Waals surface area contributed by atoms with Crippen molar-refractivity contribution >= 4 is 72.6 Å². The minimum absolute atomic E-state index is 0.0506. The molecule has 5 aromatic rings. The van der Waals surface area contributed by atoms with Gasteiger partial charge in [0.05, 0.1) is 60.2 Å². The molecule has 1 atom stereocenters. The highest BCUT2D eigenvalue weighted by Gasteiger charge is 2.32. The number of carbonyl (C=O) groups excluding carboxylic acids is 1. The lowest BCUT2D eigenvalue weighted by Gasteiger charge is -2.39. The summed E-state index contributed by atoms with van der Waals surface area (Å²) in [6, 6.07) is 20.8. The largest absolute Gasteiger partial charge is 0.474 e. The van der Waals surface area contributed by atoms with Gasteiger partial charge in [0.25, 0.3) is 21.6 Å². The van der Waals surface area contributed by atoms with Crippen molar-refractivity contribution in [3.8, 4) is 5.88 Å². The van der Waals surface area contributed by atoms with E-state index in [9.17, 15) is 23.3 Å². The summed E-state index contributed by atoms with van der Waals surface area (Å²) >= 11 is 6.28. The van der Waals surface area contributed by atoms with E-state index in [-0.39, 0.29) is 49.1 Å². The number of benzene rings is 3. The zero-order chi connectivity index (χ0) is 46.7. The number of pyridine rings is 1. The van der Waals surface area contributed by atoms with Crippen molar-refractivity contribution < 1.29 is 37.1 Å². The summed E-state index contributed by atoms with van der Waals surface area (Å²) in [7, 11) is -4.63. The molecule has 3 N–H and O–H groups in total. The second-order valence-electron chi connectivity index (χ2n) is 18.1. The number of nitro benzene ring substituents is 1. The predicted molar refractivity (Wildman–Crippen MR) is 257 cm³/mol. The molecule has 17 nitrogen and oxygen atoms in total. The van der Waals surface area contributed by atoms with Gasteiger partial charge in [-0.05, 0) is 90.4 Å². The third kappa shape index (κ3) is 10.7. The summed E-state index contributed by atoms with van der Waals surface area (Å²) in [5, 5.41) is 16.7. The van der Waals surface area contributed by atoms with Crippen molar-refractivity contribution in [1.29, 1.82) is 0 Å². The number of sulfonamides is 1. The third-order valence-corrected chi connectivity index (χ3v) is 14.4. The Morgan fingerprint density at radius 1 is 0.940 bits per heavy atom. The smallest absolute Gasteiger partial charge is 0.293 e. The first-order valence-corrected chi connectivity index (χ1v) is 24.5. The molecule has 0 bridgehead atoms. The number of halogens is 1. The molecule has 0 spiro atoms. The first-order chi connectivity index (χ1) is 32.3. The first-order valence-electron chi connectivity index (χ1n) is 22.6. The number of hydrogen-bond acceptors (Lipinski definition) is 14. The number of hydrogen-bond donors (Lipinski definition) is 3. The van der Waals surface area contributed by atoms with Gasteiger partial charge in [0.15, 0.2) is 0 Å². The number of fused-ring (bicyclic) bond motifs is 2. The molecule has 3 aliphatic heterocycles. The molecule has 354 valence electrons. The maximum Gasteiger partial charge on any atom is 0.293 e. The summed E-state index contributed by atoms with van der Waals surface area (Å²) in [5.74, 6) is -0.606. The summed E-state index contributed by atoms with van der Waals surface area (Å²) in [4.78, 5) is 40.1. The Morgan fingerprint density at radius 3 is 2.52 bits per heavy atom. The minimum Gasteiger partial charge on any atom is -0.474 e. The molecule has 0 saturated carbocycles. The number of ether oxygens (including phenoxy) is 4. The van der Waals surface area contributed by atoms with Crippen LogP contribution in [0, 0.1) is 15.5 Å². The Balaban J connectivity index is 1.00. The van der Waals surface area contributed by atoms with Crippen LogP contribution in [0.4, 0.5) is 28.4 Å².